The van der Waals surface area contributed by atoms with Crippen LogP contribution in [0.4, 0.5) is 0 Å². The normalized spacial score (nSPS) is 37.8. The van der Waals surface area contributed by atoms with Gasteiger partial charge in [-0.1, -0.05) is 12.2 Å². The second kappa shape index (κ2) is 3.37. The average Bonchev–Trinajstić information content (AvgIpc) is 2.28. The third-order valence-electron chi connectivity index (χ3n) is 2.56. The fourth-order valence-electron chi connectivity index (χ4n) is 1.92. The second-order valence-corrected chi connectivity index (χ2v) is 3.40. The van der Waals surface area contributed by atoms with Gasteiger partial charge >= 0.3 is 0 Å². The number of rotatable bonds is 0. The zero-order valence-electron chi connectivity index (χ0n) is 6.84. The minimum absolute atomic E-state index is 0.603. The van der Waals surface area contributed by atoms with Crippen molar-refractivity contribution >= 4 is 0 Å². The van der Waals surface area contributed by atoms with Crippen LogP contribution >= 0.6 is 0 Å². The Balaban J connectivity index is 2.02. The summed E-state index contributed by atoms with van der Waals surface area (Å²) in [4.78, 5) is 0. The molecule has 1 aliphatic carbocycles. The van der Waals surface area contributed by atoms with Gasteiger partial charge in [-0.25, -0.2) is 0 Å². The van der Waals surface area contributed by atoms with E-state index in [0.29, 0.717) is 12.1 Å². The molecule has 2 unspecified atom stereocenters. The van der Waals surface area contributed by atoms with Crippen LogP contribution in [0.2, 0.25) is 0 Å². The van der Waals surface area contributed by atoms with Crippen molar-refractivity contribution < 1.29 is 0 Å². The molecule has 1 heterocycles. The summed E-state index contributed by atoms with van der Waals surface area (Å²) in [6, 6.07) is 1.30. The smallest absolute Gasteiger partial charge is 0.0405 e. The van der Waals surface area contributed by atoms with Crippen LogP contribution in [0.15, 0.2) is 12.2 Å². The van der Waals surface area contributed by atoms with Crippen molar-refractivity contribution in [1.29, 1.82) is 0 Å². The topological polar surface area (TPSA) is 24.1 Å². The molecule has 0 aromatic carbocycles. The highest BCUT2D eigenvalue weighted by Gasteiger charge is 2.21. The summed E-state index contributed by atoms with van der Waals surface area (Å²) in [5, 5.41) is 7.10. The van der Waals surface area contributed by atoms with Crippen molar-refractivity contribution in [2.24, 2.45) is 0 Å². The molecule has 2 N–H and O–H groups in total. The second-order valence-electron chi connectivity index (χ2n) is 3.40. The summed E-state index contributed by atoms with van der Waals surface area (Å²) in [5.74, 6) is 0. The molecule has 2 heteroatoms. The Labute approximate surface area is 68.1 Å². The first-order valence-corrected chi connectivity index (χ1v) is 4.60. The minimum Gasteiger partial charge on any atom is -0.312 e. The van der Waals surface area contributed by atoms with E-state index in [1.54, 1.807) is 0 Å². The van der Waals surface area contributed by atoms with E-state index in [4.69, 9.17) is 0 Å². The predicted molar refractivity (Wildman–Crippen MR) is 46.6 cm³/mol. The third-order valence-corrected chi connectivity index (χ3v) is 2.56. The van der Waals surface area contributed by atoms with E-state index >= 15 is 0 Å². The first-order valence-electron chi connectivity index (χ1n) is 4.60. The molecule has 2 nitrogen and oxygen atoms in total. The Kier molecular flexibility index (Phi) is 2.24. The molecule has 1 aliphatic heterocycles. The fourth-order valence-corrected chi connectivity index (χ4v) is 1.92. The van der Waals surface area contributed by atoms with Gasteiger partial charge in [0.05, 0.1) is 0 Å². The Hall–Kier alpha value is -0.340. The van der Waals surface area contributed by atoms with Crippen molar-refractivity contribution in [3.8, 4) is 0 Å². The average molecular weight is 152 g/mol. The lowest BCUT2D eigenvalue weighted by Crippen LogP contribution is -2.45. The molecule has 0 aromatic heterocycles. The molecule has 2 aliphatic rings. The van der Waals surface area contributed by atoms with Gasteiger partial charge in [0.1, 0.15) is 0 Å². The Morgan fingerprint density at radius 2 is 2.09 bits per heavy atom. The Morgan fingerprint density at radius 3 is 3.09 bits per heavy atom. The molecular formula is C9H16N2. The highest BCUT2D eigenvalue weighted by atomic mass is 15.0. The lowest BCUT2D eigenvalue weighted by Gasteiger charge is -2.26. The summed E-state index contributed by atoms with van der Waals surface area (Å²) in [5.41, 5.74) is 0. The summed E-state index contributed by atoms with van der Waals surface area (Å²) in [7, 11) is 0. The van der Waals surface area contributed by atoms with Gasteiger partial charge in [0.2, 0.25) is 0 Å². The van der Waals surface area contributed by atoms with Crippen LogP contribution in [-0.2, 0) is 0 Å². The summed E-state index contributed by atoms with van der Waals surface area (Å²) >= 11 is 0. The summed E-state index contributed by atoms with van der Waals surface area (Å²) in [6.45, 7) is 2.35. The van der Waals surface area contributed by atoms with Crippen LogP contribution in [0.3, 0.4) is 0 Å². The standard InChI is InChI=1S/C9H16N2/c1-2-5-9-8(4-1)10-6-3-7-11-9/h1,4,8-11H,2-3,5-7H2. The van der Waals surface area contributed by atoms with E-state index in [9.17, 15) is 0 Å². The fraction of sp³-hybridized carbons (Fsp3) is 0.778. The Morgan fingerprint density at radius 1 is 1.18 bits per heavy atom. The first kappa shape index (κ1) is 7.32. The maximum Gasteiger partial charge on any atom is 0.0405 e. The third kappa shape index (κ3) is 1.63. The molecule has 1 fully saturated rings. The SMILES string of the molecule is C1=CC2NCCCNC2CC1. The van der Waals surface area contributed by atoms with Crippen LogP contribution in [0.25, 0.3) is 0 Å². The van der Waals surface area contributed by atoms with Gasteiger partial charge in [0, 0.05) is 12.1 Å². The Bertz CT molecular complexity index is 154. The molecule has 0 spiro atoms. The number of nitrogens with one attached hydrogen (secondary N) is 2. The van der Waals surface area contributed by atoms with E-state index in [1.807, 2.05) is 0 Å². The molecule has 11 heavy (non-hydrogen) atoms. The van der Waals surface area contributed by atoms with Gasteiger partial charge in [-0.05, 0) is 32.4 Å². The molecule has 0 amide bonds. The zero-order valence-corrected chi connectivity index (χ0v) is 6.84. The molecule has 0 aromatic rings. The first-order chi connectivity index (χ1) is 5.47. The van der Waals surface area contributed by atoms with Crippen molar-refractivity contribution in [2.45, 2.75) is 31.3 Å². The lowest BCUT2D eigenvalue weighted by molar-refractivity contribution is 0.425. The quantitative estimate of drug-likeness (QED) is 0.498. The van der Waals surface area contributed by atoms with E-state index in [0.717, 1.165) is 0 Å². The van der Waals surface area contributed by atoms with E-state index in [-0.39, 0.29) is 0 Å². The van der Waals surface area contributed by atoms with Crippen LogP contribution in [-0.4, -0.2) is 25.2 Å². The highest BCUT2D eigenvalue weighted by molar-refractivity contribution is 5.05. The molecule has 2 rings (SSSR count). The van der Waals surface area contributed by atoms with Gasteiger partial charge in [-0.15, -0.1) is 0 Å². The maximum absolute atomic E-state index is 3.57. The van der Waals surface area contributed by atoms with E-state index in [1.165, 1.54) is 32.4 Å². The minimum atomic E-state index is 0.603. The number of fused-ring (bicyclic) bond motifs is 1. The van der Waals surface area contributed by atoms with Crippen molar-refractivity contribution in [2.75, 3.05) is 13.1 Å². The molecule has 62 valence electrons. The maximum atomic E-state index is 3.57. The summed E-state index contributed by atoms with van der Waals surface area (Å²) in [6.07, 6.45) is 8.42. The number of hydrogen-bond acceptors (Lipinski definition) is 2. The van der Waals surface area contributed by atoms with E-state index < -0.39 is 0 Å². The van der Waals surface area contributed by atoms with Gasteiger partial charge < -0.3 is 10.6 Å². The predicted octanol–water partition coefficient (Wildman–Crippen LogP) is 0.656. The van der Waals surface area contributed by atoms with Gasteiger partial charge in [-0.3, -0.25) is 0 Å². The molecule has 1 saturated heterocycles. The van der Waals surface area contributed by atoms with Crippen LogP contribution in [0.5, 0.6) is 0 Å². The van der Waals surface area contributed by atoms with Crippen LogP contribution < -0.4 is 10.6 Å². The monoisotopic (exact) mass is 152 g/mol. The molecule has 0 radical (unpaired) electrons. The lowest BCUT2D eigenvalue weighted by atomic mass is 9.97. The van der Waals surface area contributed by atoms with Crippen molar-refractivity contribution in [1.82, 2.24) is 10.6 Å². The van der Waals surface area contributed by atoms with Gasteiger partial charge in [0.15, 0.2) is 0 Å². The van der Waals surface area contributed by atoms with Gasteiger partial charge in [0.25, 0.3) is 0 Å². The van der Waals surface area contributed by atoms with Crippen molar-refractivity contribution in [3.05, 3.63) is 12.2 Å². The largest absolute Gasteiger partial charge is 0.312 e. The number of hydrogen-bond donors (Lipinski definition) is 2. The van der Waals surface area contributed by atoms with Gasteiger partial charge in [-0.2, -0.15) is 0 Å². The molecular weight excluding hydrogens is 136 g/mol. The summed E-state index contributed by atoms with van der Waals surface area (Å²) < 4.78 is 0. The highest BCUT2D eigenvalue weighted by Crippen LogP contribution is 2.13. The van der Waals surface area contributed by atoms with E-state index in [2.05, 4.69) is 22.8 Å². The zero-order chi connectivity index (χ0) is 7.52. The van der Waals surface area contributed by atoms with Crippen LogP contribution in [0.1, 0.15) is 19.3 Å². The number of allylic oxidation sites excluding steroid dienone is 1. The molecule has 0 bridgehead atoms. The van der Waals surface area contributed by atoms with Crippen molar-refractivity contribution in [3.63, 3.8) is 0 Å². The molecule has 0 saturated carbocycles. The van der Waals surface area contributed by atoms with Crippen LogP contribution in [0, 0.1) is 0 Å². The molecule has 2 atom stereocenters.